The Morgan fingerprint density at radius 2 is 2.08 bits per heavy atom. The highest BCUT2D eigenvalue weighted by atomic mass is 16.5. The monoisotopic (exact) mass is 344 g/mol. The summed E-state index contributed by atoms with van der Waals surface area (Å²) in [5.41, 5.74) is 0.678. The van der Waals surface area contributed by atoms with Crippen molar-refractivity contribution in [2.75, 3.05) is 38.6 Å². The average molecular weight is 344 g/mol. The van der Waals surface area contributed by atoms with Crippen LogP contribution in [0.15, 0.2) is 29.2 Å². The van der Waals surface area contributed by atoms with Crippen LogP contribution in [-0.2, 0) is 0 Å². The standard InChI is InChI=1S/C18H24N4O3/c1-25-13-5-6-15-14(11-13)17(23)16(12-20-15)21-18(24)19-7-10-22-8-3-2-4-9-22/h5-6,11-12H,2-4,7-10H2,1H3,(H,20,23)(H2,19,21,24). The number of ether oxygens (including phenoxy) is 1. The van der Waals surface area contributed by atoms with E-state index in [-0.39, 0.29) is 17.1 Å². The van der Waals surface area contributed by atoms with Crippen molar-refractivity contribution >= 4 is 22.6 Å². The Kier molecular flexibility index (Phi) is 5.55. The van der Waals surface area contributed by atoms with E-state index in [1.54, 1.807) is 25.3 Å². The number of amides is 2. The summed E-state index contributed by atoms with van der Waals surface area (Å²) in [5.74, 6) is 0.598. The van der Waals surface area contributed by atoms with Gasteiger partial charge in [0.2, 0.25) is 5.43 Å². The number of anilines is 1. The topological polar surface area (TPSA) is 86.5 Å². The highest BCUT2D eigenvalue weighted by molar-refractivity contribution is 5.92. The smallest absolute Gasteiger partial charge is 0.319 e. The molecule has 1 aromatic heterocycles. The molecule has 0 spiro atoms. The molecule has 1 fully saturated rings. The van der Waals surface area contributed by atoms with Crippen molar-refractivity contribution < 1.29 is 9.53 Å². The Labute approximate surface area is 146 Å². The largest absolute Gasteiger partial charge is 0.497 e. The van der Waals surface area contributed by atoms with E-state index >= 15 is 0 Å². The van der Waals surface area contributed by atoms with E-state index in [0.717, 1.165) is 19.6 Å². The number of rotatable bonds is 5. The molecule has 3 rings (SSSR count). The van der Waals surface area contributed by atoms with Gasteiger partial charge in [0.25, 0.3) is 0 Å². The second-order valence-electron chi connectivity index (χ2n) is 6.23. The molecule has 1 aromatic carbocycles. The molecule has 0 saturated carbocycles. The molecule has 2 aromatic rings. The Morgan fingerprint density at radius 1 is 1.28 bits per heavy atom. The number of aromatic nitrogens is 1. The number of carbonyl (C=O) groups is 1. The molecule has 1 saturated heterocycles. The second-order valence-corrected chi connectivity index (χ2v) is 6.23. The second kappa shape index (κ2) is 8.02. The first-order chi connectivity index (χ1) is 12.2. The molecule has 7 nitrogen and oxygen atoms in total. The molecule has 0 radical (unpaired) electrons. The van der Waals surface area contributed by atoms with Crippen LogP contribution >= 0.6 is 0 Å². The Bertz CT molecular complexity index is 796. The quantitative estimate of drug-likeness (QED) is 0.776. The number of H-pyrrole nitrogens is 1. The lowest BCUT2D eigenvalue weighted by atomic mass is 10.1. The first-order valence-electron chi connectivity index (χ1n) is 8.64. The van der Waals surface area contributed by atoms with Crippen LogP contribution in [0.4, 0.5) is 10.5 Å². The van der Waals surface area contributed by atoms with Gasteiger partial charge in [-0.2, -0.15) is 0 Å². The van der Waals surface area contributed by atoms with Crippen molar-refractivity contribution in [3.63, 3.8) is 0 Å². The number of hydrogen-bond acceptors (Lipinski definition) is 4. The zero-order valence-electron chi connectivity index (χ0n) is 14.4. The molecule has 7 heteroatoms. The number of aromatic amines is 1. The summed E-state index contributed by atoms with van der Waals surface area (Å²) in [6.07, 6.45) is 5.26. The van der Waals surface area contributed by atoms with Crippen molar-refractivity contribution in [1.29, 1.82) is 0 Å². The maximum absolute atomic E-state index is 12.5. The average Bonchev–Trinajstić information content (AvgIpc) is 2.65. The van der Waals surface area contributed by atoms with E-state index in [1.165, 1.54) is 25.5 Å². The third-order valence-corrected chi connectivity index (χ3v) is 4.50. The van der Waals surface area contributed by atoms with E-state index < -0.39 is 0 Å². The molecule has 25 heavy (non-hydrogen) atoms. The third-order valence-electron chi connectivity index (χ3n) is 4.50. The van der Waals surface area contributed by atoms with E-state index in [1.807, 2.05) is 0 Å². The molecule has 0 atom stereocenters. The van der Waals surface area contributed by atoms with E-state index in [2.05, 4.69) is 20.5 Å². The van der Waals surface area contributed by atoms with Gasteiger partial charge in [0, 0.05) is 24.8 Å². The van der Waals surface area contributed by atoms with Crippen LogP contribution in [-0.4, -0.2) is 49.2 Å². The Hall–Kier alpha value is -2.54. The maximum atomic E-state index is 12.5. The van der Waals surface area contributed by atoms with E-state index in [4.69, 9.17) is 4.74 Å². The normalized spacial score (nSPS) is 15.1. The first-order valence-corrected chi connectivity index (χ1v) is 8.64. The summed E-state index contributed by atoms with van der Waals surface area (Å²) < 4.78 is 5.15. The number of fused-ring (bicyclic) bond motifs is 1. The molecule has 2 amide bonds. The molecule has 1 aliphatic rings. The van der Waals surface area contributed by atoms with Crippen LogP contribution in [0.1, 0.15) is 19.3 Å². The fourth-order valence-corrected chi connectivity index (χ4v) is 3.09. The number of hydrogen-bond donors (Lipinski definition) is 3. The van der Waals surface area contributed by atoms with Crippen LogP contribution in [0.25, 0.3) is 10.9 Å². The van der Waals surface area contributed by atoms with Crippen molar-refractivity contribution in [2.45, 2.75) is 19.3 Å². The van der Waals surface area contributed by atoms with E-state index in [9.17, 15) is 9.59 Å². The van der Waals surface area contributed by atoms with Crippen molar-refractivity contribution in [3.8, 4) is 5.75 Å². The fourth-order valence-electron chi connectivity index (χ4n) is 3.09. The molecular formula is C18H24N4O3. The zero-order chi connectivity index (χ0) is 17.6. The van der Waals surface area contributed by atoms with Gasteiger partial charge in [-0.05, 0) is 44.1 Å². The number of carbonyl (C=O) groups excluding carboxylic acids is 1. The minimum Gasteiger partial charge on any atom is -0.497 e. The molecule has 2 heterocycles. The summed E-state index contributed by atoms with van der Waals surface area (Å²) in [6.45, 7) is 3.58. The Balaban J connectivity index is 1.60. The number of likely N-dealkylation sites (tertiary alicyclic amines) is 1. The number of methoxy groups -OCH3 is 1. The number of nitrogens with one attached hydrogen (secondary N) is 3. The molecule has 0 bridgehead atoms. The van der Waals surface area contributed by atoms with Gasteiger partial charge >= 0.3 is 6.03 Å². The van der Waals surface area contributed by atoms with Gasteiger partial charge in [0.1, 0.15) is 11.4 Å². The summed E-state index contributed by atoms with van der Waals surface area (Å²) in [6, 6.07) is 4.84. The molecule has 0 unspecified atom stereocenters. The van der Waals surface area contributed by atoms with Crippen LogP contribution in [0.5, 0.6) is 5.75 Å². The maximum Gasteiger partial charge on any atom is 0.319 e. The lowest BCUT2D eigenvalue weighted by molar-refractivity contribution is 0.224. The number of pyridine rings is 1. The van der Waals surface area contributed by atoms with Crippen LogP contribution in [0.2, 0.25) is 0 Å². The third kappa shape index (κ3) is 4.30. The van der Waals surface area contributed by atoms with Gasteiger partial charge < -0.3 is 25.3 Å². The van der Waals surface area contributed by atoms with Crippen molar-refractivity contribution in [2.24, 2.45) is 0 Å². The van der Waals surface area contributed by atoms with Crippen molar-refractivity contribution in [3.05, 3.63) is 34.6 Å². The molecular weight excluding hydrogens is 320 g/mol. The van der Waals surface area contributed by atoms with Gasteiger partial charge in [-0.15, -0.1) is 0 Å². The molecule has 0 aliphatic carbocycles. The number of piperidine rings is 1. The SMILES string of the molecule is COc1ccc2[nH]cc(NC(=O)NCCN3CCCCC3)c(=O)c2c1. The number of urea groups is 1. The number of nitrogens with zero attached hydrogens (tertiary/aromatic N) is 1. The number of benzene rings is 1. The minimum atomic E-state index is -0.371. The predicted octanol–water partition coefficient (Wildman–Crippen LogP) is 2.14. The summed E-state index contributed by atoms with van der Waals surface area (Å²) in [7, 11) is 1.55. The van der Waals surface area contributed by atoms with E-state index in [0.29, 0.717) is 23.2 Å². The highest BCUT2D eigenvalue weighted by Gasteiger charge is 2.11. The van der Waals surface area contributed by atoms with Gasteiger partial charge in [0.15, 0.2) is 0 Å². The summed E-state index contributed by atoms with van der Waals surface area (Å²) >= 11 is 0. The van der Waals surface area contributed by atoms with Crippen LogP contribution in [0, 0.1) is 0 Å². The fraction of sp³-hybridized carbons (Fsp3) is 0.444. The lowest BCUT2D eigenvalue weighted by Crippen LogP contribution is -2.39. The lowest BCUT2D eigenvalue weighted by Gasteiger charge is -2.26. The van der Waals surface area contributed by atoms with Gasteiger partial charge in [-0.3, -0.25) is 4.79 Å². The molecule has 134 valence electrons. The molecule has 3 N–H and O–H groups in total. The zero-order valence-corrected chi connectivity index (χ0v) is 14.4. The van der Waals surface area contributed by atoms with Crippen LogP contribution < -0.4 is 20.8 Å². The van der Waals surface area contributed by atoms with Gasteiger partial charge in [-0.25, -0.2) is 4.79 Å². The summed E-state index contributed by atoms with van der Waals surface area (Å²) in [5, 5.41) is 5.91. The minimum absolute atomic E-state index is 0.219. The predicted molar refractivity (Wildman–Crippen MR) is 98.4 cm³/mol. The van der Waals surface area contributed by atoms with Gasteiger partial charge in [0.05, 0.1) is 12.5 Å². The van der Waals surface area contributed by atoms with Gasteiger partial charge in [-0.1, -0.05) is 6.42 Å². The Morgan fingerprint density at radius 3 is 2.84 bits per heavy atom. The molecule has 1 aliphatic heterocycles. The highest BCUT2D eigenvalue weighted by Crippen LogP contribution is 2.17. The van der Waals surface area contributed by atoms with Crippen molar-refractivity contribution in [1.82, 2.24) is 15.2 Å². The first kappa shape index (κ1) is 17.3. The summed E-state index contributed by atoms with van der Waals surface area (Å²) in [4.78, 5) is 29.9. The van der Waals surface area contributed by atoms with Crippen LogP contribution in [0.3, 0.4) is 0 Å².